The van der Waals surface area contributed by atoms with Gasteiger partial charge in [0.1, 0.15) is 11.5 Å². The molecule has 1 fully saturated rings. The third-order valence-corrected chi connectivity index (χ3v) is 5.25. The molecule has 0 bridgehead atoms. The number of allylic oxidation sites excluding steroid dienone is 4. The fraction of sp³-hybridized carbons (Fsp3) is 0.381. The largest absolute Gasteiger partial charge is 0.346 e. The van der Waals surface area contributed by atoms with Gasteiger partial charge in [-0.05, 0) is 24.8 Å². The molecule has 1 aromatic rings. The molecule has 1 amide bonds. The smallest absolute Gasteiger partial charge is 0.268 e. The number of amides is 1. The SMILES string of the molecule is CN1CCN(Cc2ccccc2)CC(NC(=O)C2=NN=C3C=C(F)C=CC32)C1. The standard InChI is InChI=1S/C21H24FN5O/c1-26-9-10-27(12-15-5-3-2-4-6-15)14-17(13-26)23-21(28)20-18-8-7-16(22)11-19(18)24-25-20/h2-8,11,17-18H,9-10,12-14H2,1H3,(H,23,28). The van der Waals surface area contributed by atoms with Crippen molar-refractivity contribution < 1.29 is 9.18 Å². The van der Waals surface area contributed by atoms with E-state index in [1.54, 1.807) is 6.08 Å². The van der Waals surface area contributed by atoms with Crippen LogP contribution in [0.3, 0.4) is 0 Å². The van der Waals surface area contributed by atoms with Crippen LogP contribution < -0.4 is 5.32 Å². The summed E-state index contributed by atoms with van der Waals surface area (Å²) in [4.78, 5) is 17.4. The van der Waals surface area contributed by atoms with E-state index >= 15 is 0 Å². The number of fused-ring (bicyclic) bond motifs is 1. The number of nitrogens with zero attached hydrogens (tertiary/aromatic N) is 4. The molecule has 0 aromatic heterocycles. The third-order valence-electron chi connectivity index (χ3n) is 5.25. The molecular weight excluding hydrogens is 357 g/mol. The summed E-state index contributed by atoms with van der Waals surface area (Å²) < 4.78 is 13.4. The first-order valence-electron chi connectivity index (χ1n) is 9.55. The van der Waals surface area contributed by atoms with Crippen LogP contribution in [0.4, 0.5) is 4.39 Å². The molecule has 28 heavy (non-hydrogen) atoms. The van der Waals surface area contributed by atoms with Crippen molar-refractivity contribution in [3.05, 3.63) is 60.0 Å². The van der Waals surface area contributed by atoms with Gasteiger partial charge in [0.05, 0.1) is 17.7 Å². The Bertz CT molecular complexity index is 861. The Kier molecular flexibility index (Phi) is 5.45. The minimum absolute atomic E-state index is 0.0182. The monoisotopic (exact) mass is 381 g/mol. The Hall–Kier alpha value is -2.64. The zero-order chi connectivity index (χ0) is 19.5. The van der Waals surface area contributed by atoms with Gasteiger partial charge in [-0.1, -0.05) is 36.4 Å². The second-order valence-corrected chi connectivity index (χ2v) is 7.53. The molecule has 3 aliphatic rings. The van der Waals surface area contributed by atoms with Crippen molar-refractivity contribution >= 4 is 17.3 Å². The molecule has 146 valence electrons. The van der Waals surface area contributed by atoms with Gasteiger partial charge >= 0.3 is 0 Å². The summed E-state index contributed by atoms with van der Waals surface area (Å²) in [5, 5.41) is 11.1. The van der Waals surface area contributed by atoms with Gasteiger partial charge in [-0.25, -0.2) is 4.39 Å². The molecule has 1 aromatic carbocycles. The van der Waals surface area contributed by atoms with Gasteiger partial charge in [0, 0.05) is 32.7 Å². The number of rotatable bonds is 4. The topological polar surface area (TPSA) is 60.3 Å². The first-order valence-corrected chi connectivity index (χ1v) is 9.55. The summed E-state index contributed by atoms with van der Waals surface area (Å²) in [6, 6.07) is 10.3. The maximum atomic E-state index is 13.4. The number of nitrogens with one attached hydrogen (secondary N) is 1. The quantitative estimate of drug-likeness (QED) is 0.865. The summed E-state index contributed by atoms with van der Waals surface area (Å²) >= 11 is 0. The van der Waals surface area contributed by atoms with Gasteiger partial charge in [-0.2, -0.15) is 5.10 Å². The number of benzene rings is 1. The molecule has 0 spiro atoms. The molecule has 7 heteroatoms. The van der Waals surface area contributed by atoms with Crippen molar-refractivity contribution in [3.63, 3.8) is 0 Å². The maximum Gasteiger partial charge on any atom is 0.268 e. The lowest BCUT2D eigenvalue weighted by Crippen LogP contribution is -2.49. The van der Waals surface area contributed by atoms with E-state index in [2.05, 4.69) is 44.5 Å². The lowest BCUT2D eigenvalue weighted by atomic mass is 9.93. The van der Waals surface area contributed by atoms with E-state index in [4.69, 9.17) is 0 Å². The van der Waals surface area contributed by atoms with Crippen LogP contribution in [0.5, 0.6) is 0 Å². The summed E-state index contributed by atoms with van der Waals surface area (Å²) in [5.41, 5.74) is 2.07. The third kappa shape index (κ3) is 4.26. The van der Waals surface area contributed by atoms with E-state index in [-0.39, 0.29) is 23.7 Å². The molecule has 2 atom stereocenters. The number of hydrogen-bond donors (Lipinski definition) is 1. The summed E-state index contributed by atoms with van der Waals surface area (Å²) in [6.07, 6.45) is 4.33. The molecule has 4 rings (SSSR count). The minimum atomic E-state index is -0.367. The van der Waals surface area contributed by atoms with Crippen molar-refractivity contribution in [1.29, 1.82) is 0 Å². The van der Waals surface area contributed by atoms with Crippen molar-refractivity contribution in [2.45, 2.75) is 12.6 Å². The molecule has 1 N–H and O–H groups in total. The number of carbonyl (C=O) groups excluding carboxylic acids is 1. The minimum Gasteiger partial charge on any atom is -0.346 e. The Morgan fingerprint density at radius 2 is 2.04 bits per heavy atom. The molecule has 6 nitrogen and oxygen atoms in total. The highest BCUT2D eigenvalue weighted by atomic mass is 19.1. The molecular formula is C21H24FN5O. The van der Waals surface area contributed by atoms with Gasteiger partial charge in [0.2, 0.25) is 0 Å². The predicted octanol–water partition coefficient (Wildman–Crippen LogP) is 1.77. The highest BCUT2D eigenvalue weighted by Gasteiger charge is 2.33. The lowest BCUT2D eigenvalue weighted by molar-refractivity contribution is -0.115. The number of halogens is 1. The van der Waals surface area contributed by atoms with E-state index in [1.165, 1.54) is 17.7 Å². The summed E-state index contributed by atoms with van der Waals surface area (Å²) in [5.74, 6) is -0.957. The van der Waals surface area contributed by atoms with Gasteiger partial charge in [0.25, 0.3) is 5.91 Å². The van der Waals surface area contributed by atoms with Crippen molar-refractivity contribution in [2.24, 2.45) is 16.1 Å². The zero-order valence-electron chi connectivity index (χ0n) is 15.9. The average Bonchev–Trinajstić information content (AvgIpc) is 3.01. The highest BCUT2D eigenvalue weighted by molar-refractivity contribution is 6.46. The molecule has 1 saturated heterocycles. The van der Waals surface area contributed by atoms with E-state index in [0.717, 1.165) is 32.7 Å². The first kappa shape index (κ1) is 18.7. The van der Waals surface area contributed by atoms with Crippen LogP contribution in [0, 0.1) is 5.92 Å². The van der Waals surface area contributed by atoms with E-state index in [0.29, 0.717) is 11.4 Å². The van der Waals surface area contributed by atoms with Gasteiger partial charge < -0.3 is 10.2 Å². The molecule has 0 radical (unpaired) electrons. The first-order chi connectivity index (χ1) is 13.6. The van der Waals surface area contributed by atoms with E-state index in [9.17, 15) is 9.18 Å². The van der Waals surface area contributed by atoms with E-state index < -0.39 is 0 Å². The normalized spacial score (nSPS) is 25.4. The van der Waals surface area contributed by atoms with Crippen LogP contribution in [-0.2, 0) is 11.3 Å². The maximum absolute atomic E-state index is 13.4. The summed E-state index contributed by atoms with van der Waals surface area (Å²) in [7, 11) is 2.07. The number of carbonyl (C=O) groups is 1. The highest BCUT2D eigenvalue weighted by Crippen LogP contribution is 2.22. The van der Waals surface area contributed by atoms with Crippen molar-refractivity contribution in [1.82, 2.24) is 15.1 Å². The molecule has 2 heterocycles. The van der Waals surface area contributed by atoms with Gasteiger partial charge in [-0.15, -0.1) is 5.10 Å². The van der Waals surface area contributed by atoms with Crippen LogP contribution in [0.2, 0.25) is 0 Å². The lowest BCUT2D eigenvalue weighted by Gasteiger charge is -2.25. The molecule has 2 unspecified atom stereocenters. The molecule has 1 aliphatic carbocycles. The Morgan fingerprint density at radius 3 is 2.86 bits per heavy atom. The average molecular weight is 381 g/mol. The van der Waals surface area contributed by atoms with Crippen molar-refractivity contribution in [2.75, 3.05) is 33.2 Å². The fourth-order valence-corrected chi connectivity index (χ4v) is 3.82. The van der Waals surface area contributed by atoms with Gasteiger partial charge in [0.15, 0.2) is 0 Å². The molecule has 0 saturated carbocycles. The zero-order valence-corrected chi connectivity index (χ0v) is 15.9. The fourth-order valence-electron chi connectivity index (χ4n) is 3.82. The van der Waals surface area contributed by atoms with Gasteiger partial charge in [-0.3, -0.25) is 9.69 Å². The van der Waals surface area contributed by atoms with Crippen LogP contribution in [0.15, 0.2) is 64.6 Å². The Balaban J connectivity index is 1.40. The second kappa shape index (κ2) is 8.16. The van der Waals surface area contributed by atoms with Crippen LogP contribution >= 0.6 is 0 Å². The van der Waals surface area contributed by atoms with Crippen molar-refractivity contribution in [3.8, 4) is 0 Å². The number of hydrogen-bond acceptors (Lipinski definition) is 5. The van der Waals surface area contributed by atoms with Crippen LogP contribution in [-0.4, -0.2) is 66.4 Å². The second-order valence-electron chi connectivity index (χ2n) is 7.53. The van der Waals surface area contributed by atoms with E-state index in [1.807, 2.05) is 18.2 Å². The number of likely N-dealkylation sites (N-methyl/N-ethyl adjacent to an activating group) is 1. The Labute approximate surface area is 164 Å². The van der Waals surface area contributed by atoms with Crippen LogP contribution in [0.1, 0.15) is 5.56 Å². The predicted molar refractivity (Wildman–Crippen MR) is 108 cm³/mol. The molecule has 2 aliphatic heterocycles. The summed E-state index contributed by atoms with van der Waals surface area (Å²) in [6.45, 7) is 4.28. The Morgan fingerprint density at radius 1 is 1.21 bits per heavy atom. The van der Waals surface area contributed by atoms with Crippen LogP contribution in [0.25, 0.3) is 0 Å².